The van der Waals surface area contributed by atoms with E-state index in [0.717, 1.165) is 6.42 Å². The van der Waals surface area contributed by atoms with Crippen molar-refractivity contribution >= 4 is 23.6 Å². The predicted molar refractivity (Wildman–Crippen MR) is 110 cm³/mol. The minimum atomic E-state index is -1.04. The Morgan fingerprint density at radius 1 is 1.10 bits per heavy atom. The standard InChI is InChI=1S/C22H21N5O4/c28-19(15-9-25-22-24-6-7-26(22)10-15)23-5-4-16-17-11-27(12-18(16)17)20(29)13-2-1-3-14(8-13)21(30)31/h1-3,6-10,16-18H,4-5,11-12H2,(H,23,28)(H,30,31)/t16?,17-,18+. The lowest BCUT2D eigenvalue weighted by atomic mass is 10.1. The summed E-state index contributed by atoms with van der Waals surface area (Å²) >= 11 is 0. The Morgan fingerprint density at radius 3 is 2.65 bits per heavy atom. The normalized spacial score (nSPS) is 21.7. The lowest BCUT2D eigenvalue weighted by Gasteiger charge is -2.20. The van der Waals surface area contributed by atoms with Crippen molar-refractivity contribution in [2.24, 2.45) is 17.8 Å². The van der Waals surface area contributed by atoms with Crippen LogP contribution >= 0.6 is 0 Å². The number of hydrogen-bond donors (Lipinski definition) is 2. The van der Waals surface area contributed by atoms with Crippen molar-refractivity contribution in [3.8, 4) is 0 Å². The molecule has 31 heavy (non-hydrogen) atoms. The summed E-state index contributed by atoms with van der Waals surface area (Å²) in [5.74, 6) is 0.635. The molecule has 1 aromatic carbocycles. The predicted octanol–water partition coefficient (Wildman–Crippen LogP) is 1.57. The van der Waals surface area contributed by atoms with Crippen molar-refractivity contribution < 1.29 is 19.5 Å². The minimum Gasteiger partial charge on any atom is -0.478 e. The summed E-state index contributed by atoms with van der Waals surface area (Å²) in [4.78, 5) is 46.2. The van der Waals surface area contributed by atoms with Crippen LogP contribution in [0.3, 0.4) is 0 Å². The molecule has 0 bridgehead atoms. The van der Waals surface area contributed by atoms with Gasteiger partial charge in [-0.15, -0.1) is 0 Å². The molecular formula is C22H21N5O4. The third-order valence-electron chi connectivity index (χ3n) is 6.29. The fourth-order valence-electron chi connectivity index (χ4n) is 4.60. The van der Waals surface area contributed by atoms with E-state index in [1.807, 2.05) is 0 Å². The summed E-state index contributed by atoms with van der Waals surface area (Å²) in [6.07, 6.45) is 7.48. The maximum absolute atomic E-state index is 12.7. The molecule has 1 aliphatic heterocycles. The number of aromatic nitrogens is 3. The van der Waals surface area contributed by atoms with E-state index in [0.29, 0.717) is 54.3 Å². The van der Waals surface area contributed by atoms with Gasteiger partial charge < -0.3 is 15.3 Å². The molecular weight excluding hydrogens is 398 g/mol. The Morgan fingerprint density at radius 2 is 1.87 bits per heavy atom. The zero-order valence-corrected chi connectivity index (χ0v) is 16.6. The van der Waals surface area contributed by atoms with E-state index >= 15 is 0 Å². The summed E-state index contributed by atoms with van der Waals surface area (Å²) in [5.41, 5.74) is 1.02. The number of piperidine rings is 1. The molecule has 9 nitrogen and oxygen atoms in total. The van der Waals surface area contributed by atoms with Gasteiger partial charge in [0.2, 0.25) is 5.78 Å². The molecule has 3 aromatic rings. The Balaban J connectivity index is 1.10. The number of carboxylic acids is 1. The molecule has 2 aromatic heterocycles. The van der Waals surface area contributed by atoms with Gasteiger partial charge in [-0.2, -0.15) is 0 Å². The van der Waals surface area contributed by atoms with Crippen LogP contribution in [0, 0.1) is 17.8 Å². The van der Waals surface area contributed by atoms with Gasteiger partial charge in [0, 0.05) is 50.0 Å². The SMILES string of the molecule is O=C(O)c1cccc(C(=O)N2C[C@@H]3C(CCNC(=O)c4cnc5nccn5c4)[C@@H]3C2)c1. The first-order valence-corrected chi connectivity index (χ1v) is 10.2. The molecule has 3 atom stereocenters. The number of nitrogens with zero attached hydrogens (tertiary/aromatic N) is 4. The summed E-state index contributed by atoms with van der Waals surface area (Å²) in [5, 5.41) is 12.1. The maximum Gasteiger partial charge on any atom is 0.335 e. The Hall–Kier alpha value is -3.75. The first-order chi connectivity index (χ1) is 15.0. The number of hydrogen-bond acceptors (Lipinski definition) is 5. The zero-order valence-electron chi connectivity index (χ0n) is 16.6. The topological polar surface area (TPSA) is 117 Å². The number of carboxylic acid groups (broad SMARTS) is 1. The van der Waals surface area contributed by atoms with Crippen molar-refractivity contribution in [3.63, 3.8) is 0 Å². The molecule has 9 heteroatoms. The van der Waals surface area contributed by atoms with Gasteiger partial charge in [0.25, 0.3) is 11.8 Å². The number of carbonyl (C=O) groups excluding carboxylic acids is 2. The van der Waals surface area contributed by atoms with E-state index in [9.17, 15) is 14.4 Å². The van der Waals surface area contributed by atoms with Crippen molar-refractivity contribution in [3.05, 3.63) is 65.7 Å². The van der Waals surface area contributed by atoms with Gasteiger partial charge >= 0.3 is 5.97 Å². The van der Waals surface area contributed by atoms with Crippen LogP contribution < -0.4 is 5.32 Å². The minimum absolute atomic E-state index is 0.117. The number of carbonyl (C=O) groups is 3. The third-order valence-corrected chi connectivity index (χ3v) is 6.29. The summed E-state index contributed by atoms with van der Waals surface area (Å²) in [6.45, 7) is 1.94. The number of amides is 2. The second-order valence-corrected chi connectivity index (χ2v) is 8.11. The number of benzene rings is 1. The average Bonchev–Trinajstić information content (AvgIpc) is 3.15. The number of nitrogens with one attached hydrogen (secondary N) is 1. The number of fused-ring (bicyclic) bond motifs is 2. The van der Waals surface area contributed by atoms with E-state index in [1.54, 1.807) is 40.0 Å². The number of rotatable bonds is 6. The van der Waals surface area contributed by atoms with Gasteiger partial charge in [-0.05, 0) is 42.4 Å². The third kappa shape index (κ3) is 3.63. The van der Waals surface area contributed by atoms with Crippen molar-refractivity contribution in [1.82, 2.24) is 24.6 Å². The van der Waals surface area contributed by atoms with Crippen LogP contribution in [0.5, 0.6) is 0 Å². The number of aromatic carboxylic acids is 1. The summed E-state index contributed by atoms with van der Waals surface area (Å²) in [7, 11) is 0. The molecule has 158 valence electrons. The highest BCUT2D eigenvalue weighted by Gasteiger charge is 2.55. The molecule has 2 amide bonds. The fraction of sp³-hybridized carbons (Fsp3) is 0.318. The van der Waals surface area contributed by atoms with Gasteiger partial charge in [0.1, 0.15) is 0 Å². The van der Waals surface area contributed by atoms with E-state index in [-0.39, 0.29) is 17.4 Å². The van der Waals surface area contributed by atoms with Crippen LogP contribution in [-0.4, -0.2) is 61.8 Å². The highest BCUT2D eigenvalue weighted by atomic mass is 16.4. The Bertz CT molecular complexity index is 1180. The van der Waals surface area contributed by atoms with E-state index < -0.39 is 5.97 Å². The second kappa shape index (κ2) is 7.50. The molecule has 1 saturated heterocycles. The molecule has 1 saturated carbocycles. The number of imidazole rings is 1. The van der Waals surface area contributed by atoms with Gasteiger partial charge in [-0.25, -0.2) is 14.8 Å². The zero-order chi connectivity index (χ0) is 21.5. The Kier molecular flexibility index (Phi) is 4.65. The second-order valence-electron chi connectivity index (χ2n) is 8.11. The summed E-state index contributed by atoms with van der Waals surface area (Å²) < 4.78 is 1.71. The summed E-state index contributed by atoms with van der Waals surface area (Å²) in [6, 6.07) is 6.16. The van der Waals surface area contributed by atoms with Gasteiger partial charge in [-0.3, -0.25) is 14.0 Å². The highest BCUT2D eigenvalue weighted by Crippen LogP contribution is 2.53. The van der Waals surface area contributed by atoms with Crippen LogP contribution in [0.2, 0.25) is 0 Å². The van der Waals surface area contributed by atoms with Crippen LogP contribution in [-0.2, 0) is 0 Å². The van der Waals surface area contributed by atoms with Crippen molar-refractivity contribution in [2.75, 3.05) is 19.6 Å². The number of likely N-dealkylation sites (tertiary alicyclic amines) is 1. The highest BCUT2D eigenvalue weighted by molar-refractivity contribution is 5.97. The molecule has 1 unspecified atom stereocenters. The molecule has 5 rings (SSSR count). The van der Waals surface area contributed by atoms with Crippen LogP contribution in [0.15, 0.2) is 49.1 Å². The molecule has 0 radical (unpaired) electrons. The van der Waals surface area contributed by atoms with E-state index in [4.69, 9.17) is 5.11 Å². The lowest BCUT2D eigenvalue weighted by molar-refractivity contribution is 0.0696. The van der Waals surface area contributed by atoms with E-state index in [1.165, 1.54) is 18.3 Å². The van der Waals surface area contributed by atoms with Crippen molar-refractivity contribution in [2.45, 2.75) is 6.42 Å². The van der Waals surface area contributed by atoms with E-state index in [2.05, 4.69) is 15.3 Å². The quantitative estimate of drug-likeness (QED) is 0.626. The van der Waals surface area contributed by atoms with Gasteiger partial charge in [-0.1, -0.05) is 6.07 Å². The first kappa shape index (κ1) is 19.2. The fourth-order valence-corrected chi connectivity index (χ4v) is 4.60. The van der Waals surface area contributed by atoms with Gasteiger partial charge in [0.05, 0.1) is 11.1 Å². The van der Waals surface area contributed by atoms with Crippen LogP contribution in [0.4, 0.5) is 0 Å². The molecule has 2 N–H and O–H groups in total. The van der Waals surface area contributed by atoms with Crippen LogP contribution in [0.1, 0.15) is 37.5 Å². The lowest BCUT2D eigenvalue weighted by Crippen LogP contribution is -2.32. The molecule has 0 spiro atoms. The van der Waals surface area contributed by atoms with Gasteiger partial charge in [0.15, 0.2) is 0 Å². The maximum atomic E-state index is 12.7. The molecule has 1 aliphatic carbocycles. The largest absolute Gasteiger partial charge is 0.478 e. The molecule has 2 aliphatic rings. The smallest absolute Gasteiger partial charge is 0.335 e. The first-order valence-electron chi connectivity index (χ1n) is 10.2. The molecule has 3 heterocycles. The van der Waals surface area contributed by atoms with Crippen LogP contribution in [0.25, 0.3) is 5.78 Å². The average molecular weight is 419 g/mol. The molecule has 2 fully saturated rings. The monoisotopic (exact) mass is 419 g/mol. The Labute approximate surface area is 177 Å². The van der Waals surface area contributed by atoms with Crippen molar-refractivity contribution in [1.29, 1.82) is 0 Å².